The molecule has 0 radical (unpaired) electrons. The van der Waals surface area contributed by atoms with Crippen LogP contribution in [0.3, 0.4) is 0 Å². The molecule has 0 amide bonds. The van der Waals surface area contributed by atoms with Crippen molar-refractivity contribution >= 4 is 45.0 Å². The van der Waals surface area contributed by atoms with Crippen LogP contribution in [-0.4, -0.2) is 37.0 Å². The third kappa shape index (κ3) is 3.27. The first-order chi connectivity index (χ1) is 8.16. The Balaban J connectivity index is 2.09. The van der Waals surface area contributed by atoms with Gasteiger partial charge in [-0.1, -0.05) is 11.8 Å². The number of thioether (sulfide) groups is 1. The van der Waals surface area contributed by atoms with E-state index in [1.54, 1.807) is 16.0 Å². The molecule has 0 fully saturated rings. The van der Waals surface area contributed by atoms with Crippen LogP contribution in [0.25, 0.3) is 0 Å². The highest BCUT2D eigenvalue weighted by Gasteiger charge is 2.11. The standard InChI is InChI=1S/C8H7BrN4O2S2/c9-5-1-2-16-6(5)3-13-8(10-11-12-13)17-4-7(14)15/h1-2H,3-4H2,(H,14,15). The lowest BCUT2D eigenvalue weighted by Gasteiger charge is -2.01. The molecule has 0 saturated carbocycles. The zero-order valence-electron chi connectivity index (χ0n) is 8.41. The van der Waals surface area contributed by atoms with Gasteiger partial charge in [-0.15, -0.1) is 16.4 Å². The Labute approximate surface area is 113 Å². The number of thiophene rings is 1. The molecular weight excluding hydrogens is 328 g/mol. The van der Waals surface area contributed by atoms with Crippen LogP contribution in [-0.2, 0) is 11.3 Å². The predicted molar refractivity (Wildman–Crippen MR) is 67.3 cm³/mol. The molecule has 2 heterocycles. The van der Waals surface area contributed by atoms with Crippen molar-refractivity contribution in [3.8, 4) is 0 Å². The van der Waals surface area contributed by atoms with E-state index in [4.69, 9.17) is 5.11 Å². The topological polar surface area (TPSA) is 80.9 Å². The summed E-state index contributed by atoms with van der Waals surface area (Å²) in [5.74, 6) is -0.937. The molecule has 0 aliphatic rings. The monoisotopic (exact) mass is 334 g/mol. The van der Waals surface area contributed by atoms with E-state index < -0.39 is 5.97 Å². The summed E-state index contributed by atoms with van der Waals surface area (Å²) in [6, 6.07) is 1.95. The molecule has 0 aliphatic heterocycles. The van der Waals surface area contributed by atoms with Gasteiger partial charge in [0.25, 0.3) is 0 Å². The fourth-order valence-electron chi connectivity index (χ4n) is 1.10. The Hall–Kier alpha value is -0.930. The van der Waals surface area contributed by atoms with Crippen molar-refractivity contribution in [2.75, 3.05) is 5.75 Å². The van der Waals surface area contributed by atoms with E-state index >= 15 is 0 Å². The molecule has 0 aromatic carbocycles. The lowest BCUT2D eigenvalue weighted by Crippen LogP contribution is -2.05. The normalized spacial score (nSPS) is 10.6. The molecule has 0 spiro atoms. The van der Waals surface area contributed by atoms with Gasteiger partial charge in [0.15, 0.2) is 0 Å². The van der Waals surface area contributed by atoms with Gasteiger partial charge in [0.1, 0.15) is 0 Å². The average Bonchev–Trinajstić information content (AvgIpc) is 2.87. The van der Waals surface area contributed by atoms with Gasteiger partial charge in [0, 0.05) is 9.35 Å². The van der Waals surface area contributed by atoms with Crippen LogP contribution in [0, 0.1) is 0 Å². The molecule has 0 atom stereocenters. The summed E-state index contributed by atoms with van der Waals surface area (Å²) in [6.45, 7) is 0.535. The fraction of sp³-hybridized carbons (Fsp3) is 0.250. The molecule has 2 aromatic heterocycles. The fourth-order valence-corrected chi connectivity index (χ4v) is 3.15. The maximum absolute atomic E-state index is 10.5. The second-order valence-corrected chi connectivity index (χ2v) is 5.79. The van der Waals surface area contributed by atoms with E-state index in [1.165, 1.54) is 0 Å². The molecule has 90 valence electrons. The third-order valence-electron chi connectivity index (χ3n) is 1.81. The summed E-state index contributed by atoms with van der Waals surface area (Å²) in [6.07, 6.45) is 0. The summed E-state index contributed by atoms with van der Waals surface area (Å²) < 4.78 is 2.59. The summed E-state index contributed by atoms with van der Waals surface area (Å²) in [5.41, 5.74) is 0. The van der Waals surface area contributed by atoms with Gasteiger partial charge < -0.3 is 5.11 Å². The zero-order chi connectivity index (χ0) is 12.3. The number of hydrogen-bond acceptors (Lipinski definition) is 6. The first-order valence-corrected chi connectivity index (χ1v) is 7.15. The van der Waals surface area contributed by atoms with E-state index in [2.05, 4.69) is 31.5 Å². The molecule has 0 bridgehead atoms. The summed E-state index contributed by atoms with van der Waals surface area (Å²) in [5, 5.41) is 22.2. The highest BCUT2D eigenvalue weighted by molar-refractivity contribution is 9.10. The number of hydrogen-bond donors (Lipinski definition) is 1. The highest BCUT2D eigenvalue weighted by atomic mass is 79.9. The van der Waals surface area contributed by atoms with E-state index in [0.29, 0.717) is 11.7 Å². The van der Waals surface area contributed by atoms with Gasteiger partial charge in [-0.3, -0.25) is 4.79 Å². The van der Waals surface area contributed by atoms with Crippen molar-refractivity contribution < 1.29 is 9.90 Å². The van der Waals surface area contributed by atoms with Gasteiger partial charge in [-0.25, -0.2) is 4.68 Å². The number of tetrazole rings is 1. The quantitative estimate of drug-likeness (QED) is 0.838. The van der Waals surface area contributed by atoms with Crippen LogP contribution < -0.4 is 0 Å². The number of aromatic nitrogens is 4. The molecule has 2 rings (SSSR count). The van der Waals surface area contributed by atoms with E-state index in [0.717, 1.165) is 21.1 Å². The Morgan fingerprint density at radius 2 is 2.47 bits per heavy atom. The van der Waals surface area contributed by atoms with Gasteiger partial charge in [-0.05, 0) is 37.8 Å². The van der Waals surface area contributed by atoms with Crippen LogP contribution in [0.4, 0.5) is 0 Å². The zero-order valence-corrected chi connectivity index (χ0v) is 11.6. The smallest absolute Gasteiger partial charge is 0.313 e. The second-order valence-electron chi connectivity index (χ2n) is 2.99. The molecule has 0 unspecified atom stereocenters. The molecule has 9 heteroatoms. The van der Waals surface area contributed by atoms with E-state index in [-0.39, 0.29) is 5.75 Å². The van der Waals surface area contributed by atoms with Gasteiger partial charge in [-0.2, -0.15) is 0 Å². The Kier molecular flexibility index (Phi) is 4.13. The number of rotatable bonds is 5. The van der Waals surface area contributed by atoms with Crippen molar-refractivity contribution in [2.24, 2.45) is 0 Å². The molecule has 1 N–H and O–H groups in total. The van der Waals surface area contributed by atoms with Crippen LogP contribution in [0.15, 0.2) is 21.1 Å². The number of carboxylic acids is 1. The maximum atomic E-state index is 10.5. The largest absolute Gasteiger partial charge is 0.481 e. The van der Waals surface area contributed by atoms with Crippen LogP contribution in [0.2, 0.25) is 0 Å². The average molecular weight is 335 g/mol. The Morgan fingerprint density at radius 3 is 3.12 bits per heavy atom. The number of halogens is 1. The van der Waals surface area contributed by atoms with Crippen molar-refractivity contribution in [3.05, 3.63) is 20.8 Å². The lowest BCUT2D eigenvalue weighted by atomic mass is 10.5. The van der Waals surface area contributed by atoms with Crippen LogP contribution in [0.5, 0.6) is 0 Å². The number of aliphatic carboxylic acids is 1. The van der Waals surface area contributed by atoms with Gasteiger partial charge >= 0.3 is 5.97 Å². The minimum Gasteiger partial charge on any atom is -0.481 e. The van der Waals surface area contributed by atoms with Gasteiger partial charge in [0.05, 0.1) is 12.3 Å². The first kappa shape index (κ1) is 12.5. The molecule has 2 aromatic rings. The molecule has 0 saturated heterocycles. The Morgan fingerprint density at radius 1 is 1.65 bits per heavy atom. The predicted octanol–water partition coefficient (Wildman–Crippen LogP) is 1.72. The van der Waals surface area contributed by atoms with E-state index in [9.17, 15) is 4.79 Å². The second kappa shape index (κ2) is 5.61. The van der Waals surface area contributed by atoms with Crippen LogP contribution in [0.1, 0.15) is 4.88 Å². The summed E-state index contributed by atoms with van der Waals surface area (Å²) >= 11 is 6.12. The number of carbonyl (C=O) groups is 1. The third-order valence-corrected chi connectivity index (χ3v) is 4.66. The Bertz CT molecular complexity index is 527. The molecule has 0 aliphatic carbocycles. The lowest BCUT2D eigenvalue weighted by molar-refractivity contribution is -0.133. The molecular formula is C8H7BrN4O2S2. The minimum atomic E-state index is -0.887. The SMILES string of the molecule is O=C(O)CSc1nnnn1Cc1sccc1Br. The van der Waals surface area contributed by atoms with E-state index in [1.807, 2.05) is 11.4 Å². The van der Waals surface area contributed by atoms with Crippen molar-refractivity contribution in [3.63, 3.8) is 0 Å². The first-order valence-electron chi connectivity index (χ1n) is 4.49. The van der Waals surface area contributed by atoms with Crippen molar-refractivity contribution in [1.29, 1.82) is 0 Å². The maximum Gasteiger partial charge on any atom is 0.313 e. The number of nitrogens with zero attached hydrogens (tertiary/aromatic N) is 4. The van der Waals surface area contributed by atoms with Gasteiger partial charge in [0.2, 0.25) is 5.16 Å². The molecule has 17 heavy (non-hydrogen) atoms. The van der Waals surface area contributed by atoms with Crippen molar-refractivity contribution in [1.82, 2.24) is 20.2 Å². The highest BCUT2D eigenvalue weighted by Crippen LogP contribution is 2.24. The summed E-state index contributed by atoms with van der Waals surface area (Å²) in [7, 11) is 0. The van der Waals surface area contributed by atoms with Crippen molar-refractivity contribution in [2.45, 2.75) is 11.7 Å². The molecule has 6 nitrogen and oxygen atoms in total. The minimum absolute atomic E-state index is 0.0496. The summed E-state index contributed by atoms with van der Waals surface area (Å²) in [4.78, 5) is 11.6. The van der Waals surface area contributed by atoms with Crippen LogP contribution >= 0.6 is 39.0 Å². The number of carboxylic acid groups (broad SMARTS) is 1.